The molecule has 1 atom stereocenters. The summed E-state index contributed by atoms with van der Waals surface area (Å²) in [4.78, 5) is 32.6. The number of nitrogens with one attached hydrogen (secondary N) is 1. The SMILES string of the molecule is CCCCCn1c(=O)c2c(nc(Cc3cccc(N)c3)n2CCNCC(O)CC)n(CCc2ccccc2)c1=O. The number of fused-ring (bicyclic) bond motifs is 1. The molecule has 0 amide bonds. The molecular weight excluding hydrogens is 504 g/mol. The Kier molecular flexibility index (Phi) is 10.3. The lowest BCUT2D eigenvalue weighted by atomic mass is 10.1. The number of unbranched alkanes of at least 4 members (excludes halogenated alkanes) is 2. The number of nitrogen functional groups attached to an aromatic ring is 1. The number of hydrogen-bond donors (Lipinski definition) is 3. The van der Waals surface area contributed by atoms with Gasteiger partial charge in [0.25, 0.3) is 5.56 Å². The predicted molar refractivity (Wildman–Crippen MR) is 161 cm³/mol. The third kappa shape index (κ3) is 7.08. The highest BCUT2D eigenvalue weighted by Crippen LogP contribution is 2.18. The number of aliphatic hydroxyl groups is 1. The number of hydrogen-bond acceptors (Lipinski definition) is 6. The lowest BCUT2D eigenvalue weighted by Gasteiger charge is -2.14. The van der Waals surface area contributed by atoms with E-state index in [2.05, 4.69) is 12.2 Å². The highest BCUT2D eigenvalue weighted by Gasteiger charge is 2.22. The maximum Gasteiger partial charge on any atom is 0.332 e. The summed E-state index contributed by atoms with van der Waals surface area (Å²) in [5, 5.41) is 13.3. The van der Waals surface area contributed by atoms with Crippen LogP contribution in [-0.2, 0) is 32.5 Å². The second kappa shape index (κ2) is 14.1. The number of rotatable bonds is 15. The van der Waals surface area contributed by atoms with Crippen LogP contribution in [0.1, 0.15) is 56.5 Å². The van der Waals surface area contributed by atoms with Crippen molar-refractivity contribution in [2.24, 2.45) is 0 Å². The van der Waals surface area contributed by atoms with E-state index in [1.807, 2.05) is 66.1 Å². The Balaban J connectivity index is 1.82. The standard InChI is InChI=1S/C31H42N6O3/c1-3-5-9-17-37-30(39)28-29(36(31(37)40)18-15-23-11-7-6-8-12-23)34-27(21-24-13-10-14-25(32)20-24)35(28)19-16-33-22-26(38)4-2/h6-8,10-14,20,26,33,38H,3-5,9,15-19,21-22,32H2,1-2H3. The van der Waals surface area contributed by atoms with E-state index < -0.39 is 6.10 Å². The van der Waals surface area contributed by atoms with Crippen molar-refractivity contribution in [3.63, 3.8) is 0 Å². The first kappa shape index (κ1) is 29.3. The summed E-state index contributed by atoms with van der Waals surface area (Å²) < 4.78 is 5.00. The highest BCUT2D eigenvalue weighted by atomic mass is 16.3. The number of benzene rings is 2. The van der Waals surface area contributed by atoms with Crippen LogP contribution in [0.5, 0.6) is 0 Å². The van der Waals surface area contributed by atoms with Gasteiger partial charge >= 0.3 is 5.69 Å². The van der Waals surface area contributed by atoms with Crippen LogP contribution < -0.4 is 22.3 Å². The van der Waals surface area contributed by atoms with E-state index in [0.717, 1.165) is 30.4 Å². The van der Waals surface area contributed by atoms with Gasteiger partial charge in [0.1, 0.15) is 5.82 Å². The van der Waals surface area contributed by atoms with E-state index in [1.54, 1.807) is 4.57 Å². The van der Waals surface area contributed by atoms with Crippen LogP contribution >= 0.6 is 0 Å². The fourth-order valence-corrected chi connectivity index (χ4v) is 5.01. The monoisotopic (exact) mass is 546 g/mol. The van der Waals surface area contributed by atoms with Gasteiger partial charge in [0.15, 0.2) is 11.2 Å². The molecule has 9 nitrogen and oxygen atoms in total. The Morgan fingerprint density at radius 2 is 1.70 bits per heavy atom. The predicted octanol–water partition coefficient (Wildman–Crippen LogP) is 3.33. The molecule has 4 N–H and O–H groups in total. The Bertz CT molecular complexity index is 1510. The zero-order valence-electron chi connectivity index (χ0n) is 23.7. The van der Waals surface area contributed by atoms with Crippen molar-refractivity contribution in [1.29, 1.82) is 0 Å². The van der Waals surface area contributed by atoms with E-state index in [-0.39, 0.29) is 11.2 Å². The fraction of sp³-hybridized carbons (Fsp3) is 0.452. The first-order chi connectivity index (χ1) is 19.4. The average Bonchev–Trinajstić information content (AvgIpc) is 3.30. The van der Waals surface area contributed by atoms with Crippen LogP contribution in [-0.4, -0.2) is 43.0 Å². The van der Waals surface area contributed by atoms with Gasteiger partial charge in [-0.3, -0.25) is 13.9 Å². The van der Waals surface area contributed by atoms with Crippen LogP contribution in [0.25, 0.3) is 11.2 Å². The van der Waals surface area contributed by atoms with E-state index in [1.165, 1.54) is 4.57 Å². The Morgan fingerprint density at radius 1 is 0.925 bits per heavy atom. The van der Waals surface area contributed by atoms with Gasteiger partial charge < -0.3 is 20.7 Å². The van der Waals surface area contributed by atoms with Crippen LogP contribution in [0.15, 0.2) is 64.2 Å². The van der Waals surface area contributed by atoms with Gasteiger partial charge in [-0.1, -0.05) is 69.2 Å². The first-order valence-electron chi connectivity index (χ1n) is 14.4. The molecular formula is C31H42N6O3. The molecule has 0 bridgehead atoms. The van der Waals surface area contributed by atoms with Crippen LogP contribution in [0, 0.1) is 0 Å². The summed E-state index contributed by atoms with van der Waals surface area (Å²) in [5.41, 5.74) is 9.06. The minimum Gasteiger partial charge on any atom is -0.399 e. The third-order valence-corrected chi connectivity index (χ3v) is 7.32. The molecule has 2 heterocycles. The van der Waals surface area contributed by atoms with Gasteiger partial charge in [-0.15, -0.1) is 0 Å². The summed E-state index contributed by atoms with van der Waals surface area (Å²) >= 11 is 0. The Morgan fingerprint density at radius 3 is 2.42 bits per heavy atom. The van der Waals surface area contributed by atoms with E-state index in [4.69, 9.17) is 10.7 Å². The number of aryl methyl sites for hydroxylation is 2. The Labute approximate surface area is 235 Å². The van der Waals surface area contributed by atoms with Crippen molar-refractivity contribution >= 4 is 16.9 Å². The lowest BCUT2D eigenvalue weighted by molar-refractivity contribution is 0.167. The average molecular weight is 547 g/mol. The minimum absolute atomic E-state index is 0.299. The molecule has 0 radical (unpaired) electrons. The lowest BCUT2D eigenvalue weighted by Crippen LogP contribution is -2.41. The molecule has 2 aromatic heterocycles. The molecule has 4 aromatic rings. The molecule has 9 heteroatoms. The smallest absolute Gasteiger partial charge is 0.332 e. The van der Waals surface area contributed by atoms with Crippen molar-refractivity contribution in [2.75, 3.05) is 18.8 Å². The van der Waals surface area contributed by atoms with Gasteiger partial charge in [-0.05, 0) is 42.5 Å². The summed E-state index contributed by atoms with van der Waals surface area (Å²) in [6.45, 7) is 6.33. The van der Waals surface area contributed by atoms with Crippen LogP contribution in [0.2, 0.25) is 0 Å². The maximum absolute atomic E-state index is 13.9. The zero-order chi connectivity index (χ0) is 28.5. The minimum atomic E-state index is -0.426. The molecule has 1 unspecified atom stereocenters. The highest BCUT2D eigenvalue weighted by molar-refractivity contribution is 5.71. The van der Waals surface area contributed by atoms with Gasteiger partial charge in [0.2, 0.25) is 0 Å². The topological polar surface area (TPSA) is 120 Å². The van der Waals surface area contributed by atoms with Gasteiger partial charge in [-0.25, -0.2) is 9.78 Å². The molecule has 2 aromatic carbocycles. The van der Waals surface area contributed by atoms with Crippen LogP contribution in [0.3, 0.4) is 0 Å². The molecule has 40 heavy (non-hydrogen) atoms. The first-order valence-corrected chi connectivity index (χ1v) is 14.4. The summed E-state index contributed by atoms with van der Waals surface area (Å²) in [6.07, 6.45) is 4.06. The van der Waals surface area contributed by atoms with E-state index >= 15 is 0 Å². The zero-order valence-corrected chi connectivity index (χ0v) is 23.7. The quantitative estimate of drug-likeness (QED) is 0.155. The van der Waals surface area contributed by atoms with E-state index in [0.29, 0.717) is 74.7 Å². The second-order valence-corrected chi connectivity index (χ2v) is 10.4. The van der Waals surface area contributed by atoms with Gasteiger partial charge in [0.05, 0.1) is 6.10 Å². The van der Waals surface area contributed by atoms with Gasteiger partial charge in [-0.2, -0.15) is 0 Å². The van der Waals surface area contributed by atoms with Crippen LogP contribution in [0.4, 0.5) is 5.69 Å². The Hall–Kier alpha value is -3.69. The van der Waals surface area contributed by atoms with Crippen molar-refractivity contribution in [3.8, 4) is 0 Å². The molecule has 0 saturated carbocycles. The molecule has 0 saturated heterocycles. The van der Waals surface area contributed by atoms with Crippen molar-refractivity contribution in [2.45, 2.75) is 78.1 Å². The number of aromatic nitrogens is 4. The number of nitrogens with zero attached hydrogens (tertiary/aromatic N) is 4. The van der Waals surface area contributed by atoms with Gasteiger partial charge in [0, 0.05) is 44.8 Å². The molecule has 4 rings (SSSR count). The maximum atomic E-state index is 13.9. The number of anilines is 1. The number of imidazole rings is 1. The molecule has 0 aliphatic carbocycles. The summed E-state index contributed by atoms with van der Waals surface area (Å²) in [5.74, 6) is 0.703. The fourth-order valence-electron chi connectivity index (χ4n) is 5.01. The van der Waals surface area contributed by atoms with Crippen molar-refractivity contribution in [1.82, 2.24) is 24.0 Å². The third-order valence-electron chi connectivity index (χ3n) is 7.32. The molecule has 0 aliphatic rings. The number of aliphatic hydroxyl groups excluding tert-OH is 1. The van der Waals surface area contributed by atoms with Crippen molar-refractivity contribution in [3.05, 3.63) is 92.4 Å². The van der Waals surface area contributed by atoms with E-state index in [9.17, 15) is 14.7 Å². The second-order valence-electron chi connectivity index (χ2n) is 10.4. The summed E-state index contributed by atoms with van der Waals surface area (Å²) in [6, 6.07) is 17.7. The molecule has 214 valence electrons. The molecule has 0 spiro atoms. The van der Waals surface area contributed by atoms with Crippen molar-refractivity contribution < 1.29 is 5.11 Å². The largest absolute Gasteiger partial charge is 0.399 e. The molecule has 0 fully saturated rings. The number of nitrogens with two attached hydrogens (primary N) is 1. The summed E-state index contributed by atoms with van der Waals surface area (Å²) in [7, 11) is 0. The normalized spacial score (nSPS) is 12.3. The molecule has 0 aliphatic heterocycles.